The summed E-state index contributed by atoms with van der Waals surface area (Å²) in [6.07, 6.45) is 1.02. The predicted octanol–water partition coefficient (Wildman–Crippen LogP) is 4.30. The molecule has 0 aliphatic carbocycles. The molecular formula is C20H18ClN3O2S. The maximum Gasteiger partial charge on any atom is 0.271 e. The van der Waals surface area contributed by atoms with Gasteiger partial charge in [-0.1, -0.05) is 54.1 Å². The number of hydrogen-bond donors (Lipinski definition) is 2. The third-order valence-corrected chi connectivity index (χ3v) is 4.84. The summed E-state index contributed by atoms with van der Waals surface area (Å²) >= 11 is 7.07. The van der Waals surface area contributed by atoms with Gasteiger partial charge in [-0.2, -0.15) is 0 Å². The first kappa shape index (κ1) is 19.1. The van der Waals surface area contributed by atoms with Gasteiger partial charge in [0.2, 0.25) is 5.91 Å². The lowest BCUT2D eigenvalue weighted by molar-refractivity contribution is -0.116. The Kier molecular flexibility index (Phi) is 6.57. The van der Waals surface area contributed by atoms with Gasteiger partial charge in [-0.15, -0.1) is 11.3 Å². The third-order valence-electron chi connectivity index (χ3n) is 3.83. The van der Waals surface area contributed by atoms with E-state index in [9.17, 15) is 9.59 Å². The average molecular weight is 400 g/mol. The number of anilines is 1. The molecule has 0 bridgehead atoms. The first-order valence-corrected chi connectivity index (χ1v) is 9.68. The second kappa shape index (κ2) is 9.30. The monoisotopic (exact) mass is 399 g/mol. The van der Waals surface area contributed by atoms with E-state index >= 15 is 0 Å². The van der Waals surface area contributed by atoms with Crippen molar-refractivity contribution in [2.45, 2.75) is 19.4 Å². The molecule has 2 amide bonds. The number of benzene rings is 2. The first-order valence-electron chi connectivity index (χ1n) is 8.42. The molecule has 0 fully saturated rings. The van der Waals surface area contributed by atoms with Crippen LogP contribution in [0.2, 0.25) is 5.02 Å². The second-order valence-corrected chi connectivity index (χ2v) is 7.18. The minimum atomic E-state index is -0.286. The summed E-state index contributed by atoms with van der Waals surface area (Å²) in [5, 5.41) is 8.24. The van der Waals surface area contributed by atoms with Crippen LogP contribution >= 0.6 is 22.9 Å². The maximum atomic E-state index is 12.2. The molecule has 5 nitrogen and oxygen atoms in total. The lowest BCUT2D eigenvalue weighted by Gasteiger charge is -2.04. The lowest BCUT2D eigenvalue weighted by atomic mass is 10.1. The zero-order valence-electron chi connectivity index (χ0n) is 14.4. The molecular weight excluding hydrogens is 382 g/mol. The molecule has 0 atom stereocenters. The Morgan fingerprint density at radius 2 is 1.74 bits per heavy atom. The van der Waals surface area contributed by atoms with E-state index < -0.39 is 0 Å². The van der Waals surface area contributed by atoms with E-state index in [1.807, 2.05) is 42.5 Å². The molecule has 3 rings (SSSR count). The van der Waals surface area contributed by atoms with E-state index in [-0.39, 0.29) is 17.5 Å². The van der Waals surface area contributed by atoms with Gasteiger partial charge in [0.05, 0.1) is 0 Å². The van der Waals surface area contributed by atoms with Gasteiger partial charge in [-0.25, -0.2) is 4.98 Å². The maximum absolute atomic E-state index is 12.2. The molecule has 3 aromatic rings. The van der Waals surface area contributed by atoms with Crippen molar-refractivity contribution in [3.8, 4) is 0 Å². The Bertz CT molecular complexity index is 910. The summed E-state index contributed by atoms with van der Waals surface area (Å²) in [5.41, 5.74) is 2.33. The zero-order chi connectivity index (χ0) is 19.1. The molecule has 0 spiro atoms. The summed E-state index contributed by atoms with van der Waals surface area (Å²) in [7, 11) is 0. The van der Waals surface area contributed by atoms with Crippen molar-refractivity contribution in [3.63, 3.8) is 0 Å². The fraction of sp³-hybridized carbons (Fsp3) is 0.150. The lowest BCUT2D eigenvalue weighted by Crippen LogP contribution is -2.23. The summed E-state index contributed by atoms with van der Waals surface area (Å²) in [6.45, 7) is 0.381. The van der Waals surface area contributed by atoms with Crippen LogP contribution in [0.4, 0.5) is 5.13 Å². The van der Waals surface area contributed by atoms with Crippen molar-refractivity contribution in [1.82, 2.24) is 10.3 Å². The molecule has 0 saturated heterocycles. The van der Waals surface area contributed by atoms with Crippen LogP contribution in [0.3, 0.4) is 0 Å². The normalized spacial score (nSPS) is 10.4. The fourth-order valence-corrected chi connectivity index (χ4v) is 3.23. The molecule has 1 aromatic heterocycles. The van der Waals surface area contributed by atoms with Crippen LogP contribution in [-0.2, 0) is 17.8 Å². The highest BCUT2D eigenvalue weighted by molar-refractivity contribution is 7.14. The van der Waals surface area contributed by atoms with Crippen LogP contribution in [0.5, 0.6) is 0 Å². The van der Waals surface area contributed by atoms with E-state index in [2.05, 4.69) is 15.6 Å². The number of nitrogens with one attached hydrogen (secondary N) is 2. The van der Waals surface area contributed by atoms with Gasteiger partial charge in [-0.3, -0.25) is 9.59 Å². The van der Waals surface area contributed by atoms with Crippen molar-refractivity contribution in [3.05, 3.63) is 81.8 Å². The van der Waals surface area contributed by atoms with Gasteiger partial charge in [0.15, 0.2) is 5.13 Å². The van der Waals surface area contributed by atoms with Crippen LogP contribution in [0, 0.1) is 0 Å². The van der Waals surface area contributed by atoms with Crippen LogP contribution in [0.15, 0.2) is 60.0 Å². The summed E-state index contributed by atoms with van der Waals surface area (Å²) in [6, 6.07) is 17.1. The predicted molar refractivity (Wildman–Crippen MR) is 108 cm³/mol. The molecule has 2 aromatic carbocycles. The highest BCUT2D eigenvalue weighted by Crippen LogP contribution is 2.16. The van der Waals surface area contributed by atoms with Gasteiger partial charge >= 0.3 is 0 Å². The molecule has 1 heterocycles. The summed E-state index contributed by atoms with van der Waals surface area (Å²) < 4.78 is 0. The Labute approximate surface area is 166 Å². The Morgan fingerprint density at radius 3 is 2.48 bits per heavy atom. The van der Waals surface area contributed by atoms with E-state index in [0.717, 1.165) is 11.1 Å². The number of aromatic nitrogens is 1. The number of halogens is 1. The molecule has 0 radical (unpaired) electrons. The minimum absolute atomic E-state index is 0.124. The van der Waals surface area contributed by atoms with E-state index in [1.54, 1.807) is 17.5 Å². The SMILES string of the molecule is O=C(CCc1ccccc1)Nc1nc(C(=O)NCc2ccc(Cl)cc2)cs1. The molecule has 0 aliphatic heterocycles. The number of carbonyl (C=O) groups excluding carboxylic acids is 2. The topological polar surface area (TPSA) is 71.1 Å². The molecule has 7 heteroatoms. The average Bonchev–Trinajstić information content (AvgIpc) is 3.15. The van der Waals surface area contributed by atoms with Crippen LogP contribution in [0.1, 0.15) is 28.0 Å². The third kappa shape index (κ3) is 5.91. The van der Waals surface area contributed by atoms with Gasteiger partial charge in [0.25, 0.3) is 5.91 Å². The number of aryl methyl sites for hydroxylation is 1. The molecule has 0 saturated carbocycles. The van der Waals surface area contributed by atoms with E-state index in [0.29, 0.717) is 29.5 Å². The van der Waals surface area contributed by atoms with Crippen LogP contribution in [-0.4, -0.2) is 16.8 Å². The smallest absolute Gasteiger partial charge is 0.271 e. The number of nitrogens with zero attached hydrogens (tertiary/aromatic N) is 1. The van der Waals surface area contributed by atoms with Crippen molar-refractivity contribution in [2.24, 2.45) is 0 Å². The van der Waals surface area contributed by atoms with Gasteiger partial charge in [0.1, 0.15) is 5.69 Å². The van der Waals surface area contributed by atoms with E-state index in [1.165, 1.54) is 11.3 Å². The Morgan fingerprint density at radius 1 is 1.00 bits per heavy atom. The highest BCUT2D eigenvalue weighted by Gasteiger charge is 2.12. The standard InChI is InChI=1S/C20H18ClN3O2S/c21-16-9-6-15(7-10-16)12-22-19(26)17-13-27-20(23-17)24-18(25)11-8-14-4-2-1-3-5-14/h1-7,9-10,13H,8,11-12H2,(H,22,26)(H,23,24,25). The van der Waals surface area contributed by atoms with Crippen molar-refractivity contribution in [1.29, 1.82) is 0 Å². The molecule has 27 heavy (non-hydrogen) atoms. The zero-order valence-corrected chi connectivity index (χ0v) is 16.0. The summed E-state index contributed by atoms with van der Waals surface area (Å²) in [5.74, 6) is -0.410. The first-order chi connectivity index (χ1) is 13.1. The molecule has 0 aliphatic rings. The fourth-order valence-electron chi connectivity index (χ4n) is 2.39. The van der Waals surface area contributed by atoms with Crippen LogP contribution < -0.4 is 10.6 Å². The van der Waals surface area contributed by atoms with Gasteiger partial charge < -0.3 is 10.6 Å². The Balaban J connectivity index is 1.47. The molecule has 0 unspecified atom stereocenters. The number of rotatable bonds is 7. The molecule has 2 N–H and O–H groups in total. The largest absolute Gasteiger partial charge is 0.347 e. The second-order valence-electron chi connectivity index (χ2n) is 5.88. The van der Waals surface area contributed by atoms with E-state index in [4.69, 9.17) is 11.6 Å². The number of hydrogen-bond acceptors (Lipinski definition) is 4. The van der Waals surface area contributed by atoms with Gasteiger partial charge in [0, 0.05) is 23.4 Å². The van der Waals surface area contributed by atoms with Crippen molar-refractivity contribution in [2.75, 3.05) is 5.32 Å². The number of carbonyl (C=O) groups is 2. The number of thiazole rings is 1. The molecule has 138 valence electrons. The number of amides is 2. The Hall–Kier alpha value is -2.70. The van der Waals surface area contributed by atoms with Crippen molar-refractivity contribution >= 4 is 39.9 Å². The van der Waals surface area contributed by atoms with Crippen LogP contribution in [0.25, 0.3) is 0 Å². The quantitative estimate of drug-likeness (QED) is 0.622. The van der Waals surface area contributed by atoms with Crippen molar-refractivity contribution < 1.29 is 9.59 Å². The highest BCUT2D eigenvalue weighted by atomic mass is 35.5. The van der Waals surface area contributed by atoms with Gasteiger partial charge in [-0.05, 0) is 29.7 Å². The summed E-state index contributed by atoms with van der Waals surface area (Å²) in [4.78, 5) is 28.4. The minimum Gasteiger partial charge on any atom is -0.347 e.